The van der Waals surface area contributed by atoms with Crippen molar-refractivity contribution in [2.24, 2.45) is 11.8 Å². The van der Waals surface area contributed by atoms with Crippen LogP contribution in [0.15, 0.2) is 0 Å². The highest BCUT2D eigenvalue weighted by atomic mass is 35.5. The van der Waals surface area contributed by atoms with Crippen molar-refractivity contribution in [3.63, 3.8) is 0 Å². The summed E-state index contributed by atoms with van der Waals surface area (Å²) in [4.78, 5) is 12.2. The van der Waals surface area contributed by atoms with E-state index in [2.05, 4.69) is 5.32 Å². The number of carbonyl (C=O) groups excluding carboxylic acids is 1. The number of carbonyl (C=O) groups is 1. The van der Waals surface area contributed by atoms with E-state index in [9.17, 15) is 4.79 Å². The number of hydrogen-bond donors (Lipinski definition) is 1. The zero-order valence-corrected chi connectivity index (χ0v) is 12.5. The van der Waals surface area contributed by atoms with Crippen LogP contribution in [0.2, 0.25) is 0 Å². The molecule has 0 radical (unpaired) electrons. The van der Waals surface area contributed by atoms with E-state index < -0.39 is 0 Å². The van der Waals surface area contributed by atoms with E-state index in [1.54, 1.807) is 0 Å². The molecule has 1 aliphatic heterocycles. The molecule has 0 amide bonds. The molecule has 106 valence electrons. The SMILES string of the molecule is CC(C)(C)OC(=O)C1CN[C@H]2CCCCC[C@@H]12.Cl. The molecule has 1 saturated carbocycles. The lowest BCUT2D eigenvalue weighted by molar-refractivity contribution is -0.160. The Morgan fingerprint density at radius 2 is 1.83 bits per heavy atom. The highest BCUT2D eigenvalue weighted by Crippen LogP contribution is 2.34. The van der Waals surface area contributed by atoms with Gasteiger partial charge in [0.2, 0.25) is 0 Å². The van der Waals surface area contributed by atoms with Crippen molar-refractivity contribution in [1.82, 2.24) is 5.32 Å². The van der Waals surface area contributed by atoms with E-state index in [-0.39, 0.29) is 29.9 Å². The van der Waals surface area contributed by atoms with Gasteiger partial charge in [-0.15, -0.1) is 12.4 Å². The van der Waals surface area contributed by atoms with Crippen LogP contribution in [-0.2, 0) is 9.53 Å². The Morgan fingerprint density at radius 1 is 1.17 bits per heavy atom. The molecule has 1 aliphatic carbocycles. The van der Waals surface area contributed by atoms with E-state index in [0.29, 0.717) is 12.0 Å². The van der Waals surface area contributed by atoms with Crippen molar-refractivity contribution < 1.29 is 9.53 Å². The van der Waals surface area contributed by atoms with Crippen molar-refractivity contribution in [2.45, 2.75) is 64.5 Å². The van der Waals surface area contributed by atoms with Gasteiger partial charge in [-0.25, -0.2) is 0 Å². The van der Waals surface area contributed by atoms with Gasteiger partial charge in [-0.05, 0) is 39.5 Å². The monoisotopic (exact) mass is 275 g/mol. The minimum atomic E-state index is -0.361. The molecule has 18 heavy (non-hydrogen) atoms. The average molecular weight is 276 g/mol. The summed E-state index contributed by atoms with van der Waals surface area (Å²) in [6, 6.07) is 0.551. The van der Waals surface area contributed by atoms with Crippen LogP contribution in [0.5, 0.6) is 0 Å². The fraction of sp³-hybridized carbons (Fsp3) is 0.929. The molecule has 1 unspecified atom stereocenters. The van der Waals surface area contributed by atoms with E-state index in [4.69, 9.17) is 4.74 Å². The van der Waals surface area contributed by atoms with Gasteiger partial charge in [0.1, 0.15) is 5.60 Å². The first-order valence-electron chi connectivity index (χ1n) is 6.93. The second-order valence-electron chi connectivity index (χ2n) is 6.46. The number of ether oxygens (including phenoxy) is 1. The molecular formula is C14H26ClNO2. The number of fused-ring (bicyclic) bond motifs is 1. The Balaban J connectivity index is 0.00000162. The summed E-state index contributed by atoms with van der Waals surface area (Å²) in [5, 5.41) is 3.51. The minimum absolute atomic E-state index is 0. The first kappa shape index (κ1) is 15.8. The van der Waals surface area contributed by atoms with Gasteiger partial charge in [0.05, 0.1) is 5.92 Å². The summed E-state index contributed by atoms with van der Waals surface area (Å²) < 4.78 is 5.53. The summed E-state index contributed by atoms with van der Waals surface area (Å²) in [6.45, 7) is 6.64. The van der Waals surface area contributed by atoms with Gasteiger partial charge in [0.25, 0.3) is 0 Å². The second kappa shape index (κ2) is 6.25. The van der Waals surface area contributed by atoms with Gasteiger partial charge >= 0.3 is 5.97 Å². The Morgan fingerprint density at radius 3 is 2.50 bits per heavy atom. The van der Waals surface area contributed by atoms with E-state index >= 15 is 0 Å². The third kappa shape index (κ3) is 3.86. The fourth-order valence-electron chi connectivity index (χ4n) is 3.14. The predicted octanol–water partition coefficient (Wildman–Crippen LogP) is 2.92. The van der Waals surface area contributed by atoms with Gasteiger partial charge in [-0.2, -0.15) is 0 Å². The molecule has 0 aromatic carbocycles. The quantitative estimate of drug-likeness (QED) is 0.748. The normalized spacial score (nSPS) is 32.1. The first-order valence-corrected chi connectivity index (χ1v) is 6.93. The van der Waals surface area contributed by atoms with Crippen LogP contribution >= 0.6 is 12.4 Å². The predicted molar refractivity (Wildman–Crippen MR) is 74.9 cm³/mol. The second-order valence-corrected chi connectivity index (χ2v) is 6.46. The number of hydrogen-bond acceptors (Lipinski definition) is 3. The molecule has 2 fully saturated rings. The van der Waals surface area contributed by atoms with Gasteiger partial charge in [0, 0.05) is 12.6 Å². The molecule has 0 bridgehead atoms. The van der Waals surface area contributed by atoms with Gasteiger partial charge < -0.3 is 10.1 Å². The van der Waals surface area contributed by atoms with Crippen LogP contribution in [-0.4, -0.2) is 24.2 Å². The van der Waals surface area contributed by atoms with Crippen LogP contribution in [0.4, 0.5) is 0 Å². The van der Waals surface area contributed by atoms with E-state index in [1.165, 1.54) is 32.1 Å². The molecule has 0 spiro atoms. The third-order valence-corrected chi connectivity index (χ3v) is 3.90. The van der Waals surface area contributed by atoms with E-state index in [0.717, 1.165) is 6.54 Å². The number of halogens is 1. The summed E-state index contributed by atoms with van der Waals surface area (Å²) in [7, 11) is 0. The zero-order chi connectivity index (χ0) is 12.5. The minimum Gasteiger partial charge on any atom is -0.460 e. The number of nitrogens with one attached hydrogen (secondary N) is 1. The van der Waals surface area contributed by atoms with Crippen LogP contribution in [0, 0.1) is 11.8 Å². The lowest BCUT2D eigenvalue weighted by atomic mass is 9.87. The van der Waals surface area contributed by atoms with Crippen molar-refractivity contribution in [3.8, 4) is 0 Å². The molecule has 1 N–H and O–H groups in total. The summed E-state index contributed by atoms with van der Waals surface area (Å²) >= 11 is 0. The largest absolute Gasteiger partial charge is 0.460 e. The summed E-state index contributed by atoms with van der Waals surface area (Å²) in [5.74, 6) is 0.587. The maximum atomic E-state index is 12.2. The molecule has 2 rings (SSSR count). The number of rotatable bonds is 1. The maximum absolute atomic E-state index is 12.2. The van der Waals surface area contributed by atoms with Crippen molar-refractivity contribution in [1.29, 1.82) is 0 Å². The van der Waals surface area contributed by atoms with E-state index in [1.807, 2.05) is 20.8 Å². The Hall–Kier alpha value is -0.280. The van der Waals surface area contributed by atoms with Gasteiger partial charge in [-0.1, -0.05) is 19.3 Å². The lowest BCUT2D eigenvalue weighted by Crippen LogP contribution is -2.33. The van der Waals surface area contributed by atoms with Crippen LogP contribution < -0.4 is 5.32 Å². The van der Waals surface area contributed by atoms with Gasteiger partial charge in [0.15, 0.2) is 0 Å². The first-order chi connectivity index (χ1) is 7.97. The molecule has 3 nitrogen and oxygen atoms in total. The van der Waals surface area contributed by atoms with Crippen LogP contribution in [0.25, 0.3) is 0 Å². The smallest absolute Gasteiger partial charge is 0.311 e. The summed E-state index contributed by atoms with van der Waals surface area (Å²) in [6.07, 6.45) is 6.29. The molecular weight excluding hydrogens is 250 g/mol. The van der Waals surface area contributed by atoms with Crippen molar-refractivity contribution in [3.05, 3.63) is 0 Å². The van der Waals surface area contributed by atoms with Gasteiger partial charge in [-0.3, -0.25) is 4.79 Å². The molecule has 1 heterocycles. The summed E-state index contributed by atoms with van der Waals surface area (Å²) in [5.41, 5.74) is -0.361. The third-order valence-electron chi connectivity index (χ3n) is 3.90. The topological polar surface area (TPSA) is 38.3 Å². The molecule has 2 aliphatic rings. The molecule has 3 atom stereocenters. The van der Waals surface area contributed by atoms with Crippen LogP contribution in [0.1, 0.15) is 52.9 Å². The molecule has 4 heteroatoms. The Kier molecular flexibility index (Phi) is 5.47. The fourth-order valence-corrected chi connectivity index (χ4v) is 3.14. The molecule has 0 aromatic heterocycles. The zero-order valence-electron chi connectivity index (χ0n) is 11.7. The average Bonchev–Trinajstić information content (AvgIpc) is 2.46. The highest BCUT2D eigenvalue weighted by molar-refractivity contribution is 5.85. The number of esters is 1. The molecule has 1 saturated heterocycles. The Bertz CT molecular complexity index is 288. The van der Waals surface area contributed by atoms with Crippen LogP contribution in [0.3, 0.4) is 0 Å². The van der Waals surface area contributed by atoms with Crippen molar-refractivity contribution >= 4 is 18.4 Å². The molecule has 0 aromatic rings. The lowest BCUT2D eigenvalue weighted by Gasteiger charge is -2.25. The maximum Gasteiger partial charge on any atom is 0.311 e. The Labute approximate surface area is 116 Å². The van der Waals surface area contributed by atoms with Crippen molar-refractivity contribution in [2.75, 3.05) is 6.54 Å². The standard InChI is InChI=1S/C14H25NO2.ClH/c1-14(2,3)17-13(16)11-9-15-12-8-6-4-5-7-10(11)12;/h10-12,15H,4-9H2,1-3H3;1H/t10-,11?,12-;/m0./s1. The highest BCUT2D eigenvalue weighted by Gasteiger charge is 2.41.